The first-order valence-corrected chi connectivity index (χ1v) is 9.45. The second-order valence-corrected chi connectivity index (χ2v) is 7.45. The van der Waals surface area contributed by atoms with Crippen LogP contribution in [-0.4, -0.2) is 53.5 Å². The van der Waals surface area contributed by atoms with E-state index >= 15 is 0 Å². The van der Waals surface area contributed by atoms with Gasteiger partial charge in [-0.1, -0.05) is 24.3 Å². The van der Waals surface area contributed by atoms with Gasteiger partial charge < -0.3 is 25.3 Å². The third-order valence-electron chi connectivity index (χ3n) is 4.05. The molecule has 0 aliphatic carbocycles. The predicted molar refractivity (Wildman–Crippen MR) is 109 cm³/mol. The third kappa shape index (κ3) is 10.5. The molecule has 0 spiro atoms. The molecule has 0 bridgehead atoms. The van der Waals surface area contributed by atoms with Gasteiger partial charge in [-0.3, -0.25) is 4.79 Å². The molecule has 0 saturated carbocycles. The fraction of sp³-hybridized carbons (Fsp3) is 0.550. The van der Waals surface area contributed by atoms with Crippen molar-refractivity contribution in [2.45, 2.75) is 51.4 Å². The van der Waals surface area contributed by atoms with Gasteiger partial charge in [0.1, 0.15) is 24.6 Å². The van der Waals surface area contributed by atoms with E-state index in [1.54, 1.807) is 6.08 Å². The highest BCUT2D eigenvalue weighted by Crippen LogP contribution is 2.18. The van der Waals surface area contributed by atoms with Crippen molar-refractivity contribution in [2.75, 3.05) is 19.7 Å². The van der Waals surface area contributed by atoms with E-state index in [2.05, 4.69) is 22.1 Å². The SMILES string of the molecule is C=CCc1ccccc1OCC(O)CNC(C)(C)CNC(=O)CC(C)O[N+](=O)[O-]. The van der Waals surface area contributed by atoms with Gasteiger partial charge in [-0.15, -0.1) is 16.7 Å². The molecule has 1 aromatic carbocycles. The Bertz CT molecular complexity index is 680. The summed E-state index contributed by atoms with van der Waals surface area (Å²) in [4.78, 5) is 26.4. The lowest BCUT2D eigenvalue weighted by Gasteiger charge is -2.28. The molecule has 0 radical (unpaired) electrons. The number of amides is 1. The molecule has 29 heavy (non-hydrogen) atoms. The topological polar surface area (TPSA) is 123 Å². The number of benzene rings is 1. The van der Waals surface area contributed by atoms with Gasteiger partial charge in [0.15, 0.2) is 0 Å². The summed E-state index contributed by atoms with van der Waals surface area (Å²) in [6.45, 7) is 9.60. The molecular weight excluding hydrogens is 378 g/mol. The first-order chi connectivity index (χ1) is 13.6. The molecule has 162 valence electrons. The Balaban J connectivity index is 2.36. The zero-order chi connectivity index (χ0) is 21.9. The average molecular weight is 409 g/mol. The highest BCUT2D eigenvalue weighted by molar-refractivity contribution is 5.76. The normalized spacial score (nSPS) is 13.2. The lowest BCUT2D eigenvalue weighted by molar-refractivity contribution is -0.767. The van der Waals surface area contributed by atoms with E-state index in [1.165, 1.54) is 6.92 Å². The van der Waals surface area contributed by atoms with Crippen LogP contribution in [0.3, 0.4) is 0 Å². The minimum atomic E-state index is -0.914. The van der Waals surface area contributed by atoms with Crippen LogP contribution < -0.4 is 15.4 Å². The number of carbonyl (C=O) groups is 1. The van der Waals surface area contributed by atoms with Crippen LogP contribution >= 0.6 is 0 Å². The van der Waals surface area contributed by atoms with Gasteiger partial charge in [0, 0.05) is 18.6 Å². The fourth-order valence-corrected chi connectivity index (χ4v) is 2.51. The smallest absolute Gasteiger partial charge is 0.294 e. The van der Waals surface area contributed by atoms with Gasteiger partial charge in [0.05, 0.1) is 6.42 Å². The molecule has 2 atom stereocenters. The average Bonchev–Trinajstić information content (AvgIpc) is 2.64. The van der Waals surface area contributed by atoms with Crippen LogP contribution in [-0.2, 0) is 16.1 Å². The number of nitrogens with one attached hydrogen (secondary N) is 2. The van der Waals surface area contributed by atoms with Crippen molar-refractivity contribution in [3.63, 3.8) is 0 Å². The minimum Gasteiger partial charge on any atom is -0.491 e. The number of aliphatic hydroxyl groups is 1. The number of ether oxygens (including phenoxy) is 1. The molecule has 0 saturated heterocycles. The Hall–Kier alpha value is -2.65. The number of rotatable bonds is 14. The summed E-state index contributed by atoms with van der Waals surface area (Å²) in [5.41, 5.74) is 0.505. The lowest BCUT2D eigenvalue weighted by atomic mass is 10.1. The van der Waals surface area contributed by atoms with Gasteiger partial charge >= 0.3 is 0 Å². The number of nitrogens with zero attached hydrogens (tertiary/aromatic N) is 1. The first kappa shape index (κ1) is 24.4. The second kappa shape index (κ2) is 12.0. The van der Waals surface area contributed by atoms with Crippen molar-refractivity contribution >= 4 is 5.91 Å². The summed E-state index contributed by atoms with van der Waals surface area (Å²) in [5.74, 6) is 0.362. The van der Waals surface area contributed by atoms with Crippen LogP contribution in [0.4, 0.5) is 0 Å². The molecule has 0 aliphatic rings. The Morgan fingerprint density at radius 2 is 2.10 bits per heavy atom. The summed E-state index contributed by atoms with van der Waals surface area (Å²) in [7, 11) is 0. The third-order valence-corrected chi connectivity index (χ3v) is 4.05. The van der Waals surface area contributed by atoms with Crippen LogP contribution in [0.15, 0.2) is 36.9 Å². The molecule has 9 nitrogen and oxygen atoms in total. The Labute approximate surface area is 171 Å². The van der Waals surface area contributed by atoms with Crippen molar-refractivity contribution in [2.24, 2.45) is 0 Å². The molecule has 0 heterocycles. The highest BCUT2D eigenvalue weighted by atomic mass is 17.0. The maximum Gasteiger partial charge on any atom is 0.294 e. The molecule has 3 N–H and O–H groups in total. The number of hydrogen-bond acceptors (Lipinski definition) is 7. The largest absolute Gasteiger partial charge is 0.491 e. The van der Waals surface area contributed by atoms with Crippen LogP contribution in [0.1, 0.15) is 32.8 Å². The van der Waals surface area contributed by atoms with Crippen LogP contribution in [0.25, 0.3) is 0 Å². The van der Waals surface area contributed by atoms with Crippen molar-refractivity contribution in [3.05, 3.63) is 52.6 Å². The molecule has 0 fully saturated rings. The van der Waals surface area contributed by atoms with Crippen molar-refractivity contribution < 1.29 is 24.6 Å². The zero-order valence-electron chi connectivity index (χ0n) is 17.2. The molecule has 2 unspecified atom stereocenters. The second-order valence-electron chi connectivity index (χ2n) is 7.45. The maximum absolute atomic E-state index is 11.8. The van der Waals surface area contributed by atoms with Gasteiger partial charge in [0.25, 0.3) is 5.09 Å². The summed E-state index contributed by atoms with van der Waals surface area (Å²) >= 11 is 0. The monoisotopic (exact) mass is 409 g/mol. The van der Waals surface area contributed by atoms with Crippen molar-refractivity contribution in [3.8, 4) is 5.75 Å². The lowest BCUT2D eigenvalue weighted by Crippen LogP contribution is -2.52. The molecule has 1 amide bonds. The van der Waals surface area contributed by atoms with Crippen LogP contribution in [0, 0.1) is 10.1 Å². The summed E-state index contributed by atoms with van der Waals surface area (Å²) in [5, 5.41) is 25.4. The Kier molecular flexibility index (Phi) is 10.1. The number of hydrogen-bond donors (Lipinski definition) is 3. The fourth-order valence-electron chi connectivity index (χ4n) is 2.51. The number of carbonyl (C=O) groups excluding carboxylic acids is 1. The van der Waals surface area contributed by atoms with E-state index in [0.29, 0.717) is 12.2 Å². The zero-order valence-corrected chi connectivity index (χ0v) is 17.2. The Morgan fingerprint density at radius 3 is 2.76 bits per heavy atom. The van der Waals surface area contributed by atoms with Gasteiger partial charge in [0.2, 0.25) is 5.91 Å². The summed E-state index contributed by atoms with van der Waals surface area (Å²) in [6, 6.07) is 7.59. The highest BCUT2D eigenvalue weighted by Gasteiger charge is 2.21. The first-order valence-electron chi connectivity index (χ1n) is 9.45. The van der Waals surface area contributed by atoms with E-state index in [0.717, 1.165) is 5.56 Å². The van der Waals surface area contributed by atoms with Gasteiger partial charge in [-0.2, -0.15) is 0 Å². The van der Waals surface area contributed by atoms with E-state index < -0.39 is 22.8 Å². The van der Waals surface area contributed by atoms with Crippen molar-refractivity contribution in [1.82, 2.24) is 10.6 Å². The van der Waals surface area contributed by atoms with Crippen LogP contribution in [0.2, 0.25) is 0 Å². The van der Waals surface area contributed by atoms with E-state index in [9.17, 15) is 20.0 Å². The number of aliphatic hydroxyl groups excluding tert-OH is 1. The summed E-state index contributed by atoms with van der Waals surface area (Å²) in [6.07, 6.45) is 0.806. The number of allylic oxidation sites excluding steroid dienone is 1. The molecule has 1 rings (SSSR count). The van der Waals surface area contributed by atoms with E-state index in [1.807, 2.05) is 38.1 Å². The van der Waals surface area contributed by atoms with Crippen molar-refractivity contribution in [1.29, 1.82) is 0 Å². The Morgan fingerprint density at radius 1 is 1.41 bits per heavy atom. The molecule has 0 aromatic heterocycles. The number of para-hydroxylation sites is 1. The van der Waals surface area contributed by atoms with E-state index in [-0.39, 0.29) is 32.0 Å². The number of β-amino-alcohol motifs (C(OH)–C–C–N with tert-alkyl or cyclic N) is 1. The van der Waals surface area contributed by atoms with Crippen LogP contribution in [0.5, 0.6) is 5.75 Å². The van der Waals surface area contributed by atoms with Gasteiger partial charge in [-0.05, 0) is 38.8 Å². The molecule has 1 aromatic rings. The molecular formula is C20H31N3O6. The quantitative estimate of drug-likeness (QED) is 0.242. The summed E-state index contributed by atoms with van der Waals surface area (Å²) < 4.78 is 5.71. The predicted octanol–water partition coefficient (Wildman–Crippen LogP) is 1.63. The minimum absolute atomic E-state index is 0.113. The van der Waals surface area contributed by atoms with E-state index in [4.69, 9.17) is 4.74 Å². The standard InChI is InChI=1S/C20H31N3O6/c1-5-8-16-9-6-7-10-18(16)28-13-17(24)12-22-20(3,4)14-21-19(25)11-15(2)29-23(26)27/h5-7,9-10,15,17,22,24H,1,8,11-14H2,2-4H3,(H,21,25). The van der Waals surface area contributed by atoms with Gasteiger partial charge in [-0.25, -0.2) is 0 Å². The maximum atomic E-state index is 11.8. The molecule has 0 aliphatic heterocycles. The molecule has 9 heteroatoms.